The quantitative estimate of drug-likeness (QED) is 0.330. The maximum absolute atomic E-state index is 13.4. The van der Waals surface area contributed by atoms with Gasteiger partial charge in [0.2, 0.25) is 0 Å². The molecule has 0 radical (unpaired) electrons. The topological polar surface area (TPSA) is 17.1 Å². The van der Waals surface area contributed by atoms with Crippen LogP contribution in [0.25, 0.3) is 0 Å². The van der Waals surface area contributed by atoms with Gasteiger partial charge in [0.05, 0.1) is 0 Å². The number of halogens is 22. The number of Topliss-reactive ketones (excluding diaryl/α,β-unsaturated/α-hetero) is 1. The summed E-state index contributed by atoms with van der Waals surface area (Å²) in [4.78, 5) is 11.4. The van der Waals surface area contributed by atoms with E-state index < -0.39 is 65.5 Å². The SMILES string of the molecule is O=C(C(C(F)(F)F)(C(F)(F)F)C(F)(F)C(F)(F)F)C(C(F)(F)F)(C(F)(F)F)C(F)(F)C(F)(F)F. The van der Waals surface area contributed by atoms with Gasteiger partial charge in [-0.05, 0) is 0 Å². The molecule has 204 valence electrons. The lowest BCUT2D eigenvalue weighted by molar-refractivity contribution is -0.459. The number of carbonyl (C=O) groups excluding carboxylic acids is 1. The van der Waals surface area contributed by atoms with Crippen molar-refractivity contribution in [2.24, 2.45) is 10.8 Å². The van der Waals surface area contributed by atoms with Gasteiger partial charge in [0.15, 0.2) is 5.78 Å². The highest BCUT2D eigenvalue weighted by atomic mass is 19.5. The maximum Gasteiger partial charge on any atom is 0.455 e. The summed E-state index contributed by atoms with van der Waals surface area (Å²) >= 11 is 0. The molecule has 0 aliphatic carbocycles. The average Bonchev–Trinajstić information content (AvgIpc) is 2.37. The summed E-state index contributed by atoms with van der Waals surface area (Å²) in [6, 6.07) is 0. The Kier molecular flexibility index (Phi) is 7.15. The Labute approximate surface area is 168 Å². The Morgan fingerprint density at radius 2 is 0.441 bits per heavy atom. The second-order valence-corrected chi connectivity index (χ2v) is 5.96. The van der Waals surface area contributed by atoms with Crippen molar-refractivity contribution in [3.63, 3.8) is 0 Å². The molecule has 0 bridgehead atoms. The van der Waals surface area contributed by atoms with E-state index in [4.69, 9.17) is 0 Å². The highest BCUT2D eigenvalue weighted by Crippen LogP contribution is 2.72. The van der Waals surface area contributed by atoms with Crippen LogP contribution in [0.4, 0.5) is 96.6 Å². The first-order chi connectivity index (χ1) is 14.2. The highest BCUT2D eigenvalue weighted by molar-refractivity contribution is 5.95. The van der Waals surface area contributed by atoms with E-state index in [1.165, 1.54) is 0 Å². The van der Waals surface area contributed by atoms with Crippen molar-refractivity contribution in [2.45, 2.75) is 48.9 Å². The van der Waals surface area contributed by atoms with E-state index in [1.54, 1.807) is 0 Å². The molecule has 0 fully saturated rings. The minimum Gasteiger partial charge on any atom is -0.296 e. The molecule has 1 nitrogen and oxygen atoms in total. The van der Waals surface area contributed by atoms with Crippen LogP contribution < -0.4 is 0 Å². The fourth-order valence-corrected chi connectivity index (χ4v) is 2.54. The van der Waals surface area contributed by atoms with Gasteiger partial charge in [0.25, 0.3) is 10.8 Å². The van der Waals surface area contributed by atoms with Crippen LogP contribution in [0.3, 0.4) is 0 Å². The number of hydrogen-bond donors (Lipinski definition) is 0. The van der Waals surface area contributed by atoms with Crippen LogP contribution in [0.2, 0.25) is 0 Å². The van der Waals surface area contributed by atoms with Gasteiger partial charge in [-0.2, -0.15) is 96.6 Å². The molecular weight excluding hydrogens is 566 g/mol. The van der Waals surface area contributed by atoms with Crippen molar-refractivity contribution in [2.75, 3.05) is 0 Å². The lowest BCUT2D eigenvalue weighted by Gasteiger charge is -2.49. The zero-order chi connectivity index (χ0) is 28.6. The molecular formula is C11F22O. The first-order valence-electron chi connectivity index (χ1n) is 6.86. The lowest BCUT2D eigenvalue weighted by atomic mass is 9.61. The summed E-state index contributed by atoms with van der Waals surface area (Å²) in [5.41, 5.74) is -19.0. The monoisotopic (exact) mass is 566 g/mol. The van der Waals surface area contributed by atoms with E-state index >= 15 is 0 Å². The summed E-state index contributed by atoms with van der Waals surface area (Å²) in [5.74, 6) is -25.4. The molecule has 0 saturated carbocycles. The maximum atomic E-state index is 13.4. The van der Waals surface area contributed by atoms with Crippen molar-refractivity contribution < 1.29 is 101 Å². The first-order valence-corrected chi connectivity index (χ1v) is 6.86. The fourth-order valence-electron chi connectivity index (χ4n) is 2.54. The second-order valence-electron chi connectivity index (χ2n) is 5.96. The zero-order valence-electron chi connectivity index (χ0n) is 14.2. The Balaban J connectivity index is 8.64. The summed E-state index contributed by atoms with van der Waals surface area (Å²) < 4.78 is 284. The van der Waals surface area contributed by atoms with Gasteiger partial charge in [-0.3, -0.25) is 4.79 Å². The van der Waals surface area contributed by atoms with E-state index in [0.29, 0.717) is 0 Å². The van der Waals surface area contributed by atoms with Crippen LogP contribution in [0, 0.1) is 10.8 Å². The fraction of sp³-hybridized carbons (Fsp3) is 0.909. The van der Waals surface area contributed by atoms with E-state index in [1.807, 2.05) is 0 Å². The van der Waals surface area contributed by atoms with Gasteiger partial charge in [0, 0.05) is 0 Å². The second kappa shape index (κ2) is 7.56. The summed E-state index contributed by atoms with van der Waals surface area (Å²) in [6.07, 6.45) is -53.4. The zero-order valence-corrected chi connectivity index (χ0v) is 14.2. The van der Waals surface area contributed by atoms with Gasteiger partial charge in [-0.1, -0.05) is 0 Å². The van der Waals surface area contributed by atoms with Crippen molar-refractivity contribution in [3.05, 3.63) is 0 Å². The van der Waals surface area contributed by atoms with Crippen LogP contribution >= 0.6 is 0 Å². The third-order valence-corrected chi connectivity index (χ3v) is 4.04. The average molecular weight is 566 g/mol. The van der Waals surface area contributed by atoms with Gasteiger partial charge in [-0.25, -0.2) is 0 Å². The van der Waals surface area contributed by atoms with E-state index in [-0.39, 0.29) is 0 Å². The van der Waals surface area contributed by atoms with Gasteiger partial charge >= 0.3 is 48.9 Å². The smallest absolute Gasteiger partial charge is 0.296 e. The van der Waals surface area contributed by atoms with Crippen LogP contribution in [-0.2, 0) is 4.79 Å². The van der Waals surface area contributed by atoms with E-state index in [2.05, 4.69) is 0 Å². The Morgan fingerprint density at radius 1 is 0.294 bits per heavy atom. The van der Waals surface area contributed by atoms with Crippen molar-refractivity contribution in [3.8, 4) is 0 Å². The molecule has 23 heteroatoms. The van der Waals surface area contributed by atoms with Gasteiger partial charge in [0.1, 0.15) is 0 Å². The lowest BCUT2D eigenvalue weighted by Crippen LogP contribution is -2.79. The summed E-state index contributed by atoms with van der Waals surface area (Å²) in [5, 5.41) is 0. The summed E-state index contributed by atoms with van der Waals surface area (Å²) in [6.45, 7) is 0. The molecule has 0 heterocycles. The number of hydrogen-bond acceptors (Lipinski definition) is 1. The van der Waals surface area contributed by atoms with Crippen LogP contribution in [-0.4, -0.2) is 54.7 Å². The van der Waals surface area contributed by atoms with Gasteiger partial charge in [-0.15, -0.1) is 0 Å². The molecule has 0 aromatic heterocycles. The number of rotatable bonds is 4. The molecule has 0 aromatic rings. The molecule has 0 aromatic carbocycles. The molecule has 0 amide bonds. The normalized spacial score (nSPS) is 16.6. The highest BCUT2D eigenvalue weighted by Gasteiger charge is 3.02. The third-order valence-electron chi connectivity index (χ3n) is 4.04. The molecule has 0 saturated heterocycles. The Morgan fingerprint density at radius 3 is 0.529 bits per heavy atom. The van der Waals surface area contributed by atoms with E-state index in [9.17, 15) is 101 Å². The van der Waals surface area contributed by atoms with E-state index in [0.717, 1.165) is 0 Å². The third kappa shape index (κ3) is 3.79. The number of ketones is 1. The first kappa shape index (κ1) is 32.1. The minimum atomic E-state index is -9.48. The molecule has 0 rings (SSSR count). The van der Waals surface area contributed by atoms with Crippen molar-refractivity contribution in [1.82, 2.24) is 0 Å². The molecule has 0 aliphatic heterocycles. The standard InChI is InChI=1S/C11F22O/c12-4(13,10(28,29)30)2(6(16,17)18,7(19,20)21)1(34)3(8(22,23)24,9(25,26)27)5(14,15)11(31,32)33. The van der Waals surface area contributed by atoms with Crippen molar-refractivity contribution >= 4 is 5.78 Å². The van der Waals surface area contributed by atoms with Crippen molar-refractivity contribution in [1.29, 1.82) is 0 Å². The molecule has 0 atom stereocenters. The molecule has 34 heavy (non-hydrogen) atoms. The predicted molar refractivity (Wildman–Crippen MR) is 56.1 cm³/mol. The van der Waals surface area contributed by atoms with Crippen LogP contribution in [0.15, 0.2) is 0 Å². The molecule has 0 aliphatic rings. The van der Waals surface area contributed by atoms with Crippen LogP contribution in [0.5, 0.6) is 0 Å². The molecule has 0 spiro atoms. The van der Waals surface area contributed by atoms with Crippen LogP contribution in [0.1, 0.15) is 0 Å². The number of carbonyl (C=O) groups is 1. The Bertz CT molecular complexity index is 670. The number of alkyl halides is 22. The Hall–Kier alpha value is -1.87. The molecule has 0 unspecified atom stereocenters. The largest absolute Gasteiger partial charge is 0.455 e. The van der Waals surface area contributed by atoms with Gasteiger partial charge < -0.3 is 0 Å². The minimum absolute atomic E-state index is 6.98. The predicted octanol–water partition coefficient (Wildman–Crippen LogP) is 7.17. The summed E-state index contributed by atoms with van der Waals surface area (Å²) in [7, 11) is 0. The molecule has 0 N–H and O–H groups in total.